The van der Waals surface area contributed by atoms with Gasteiger partial charge in [0.2, 0.25) is 6.79 Å². The van der Waals surface area contributed by atoms with E-state index >= 15 is 0 Å². The van der Waals surface area contributed by atoms with Gasteiger partial charge in [-0.15, -0.1) is 0 Å². The molecule has 0 spiro atoms. The highest BCUT2D eigenvalue weighted by atomic mass is 79.9. The van der Waals surface area contributed by atoms with Crippen molar-refractivity contribution in [3.63, 3.8) is 0 Å². The average molecular weight is 320 g/mol. The molecule has 0 fully saturated rings. The molecule has 0 amide bonds. The van der Waals surface area contributed by atoms with Crippen LogP contribution in [0.15, 0.2) is 40.9 Å². The van der Waals surface area contributed by atoms with Crippen molar-refractivity contribution < 1.29 is 9.47 Å². The third kappa shape index (κ3) is 2.54. The van der Waals surface area contributed by atoms with Crippen LogP contribution in [0, 0.1) is 6.92 Å². The van der Waals surface area contributed by atoms with Crippen molar-refractivity contribution in [3.8, 4) is 11.5 Å². The van der Waals surface area contributed by atoms with Crippen LogP contribution in [0.5, 0.6) is 11.5 Å². The van der Waals surface area contributed by atoms with Crippen molar-refractivity contribution >= 4 is 21.6 Å². The molecule has 0 aliphatic carbocycles. The van der Waals surface area contributed by atoms with E-state index in [4.69, 9.17) is 9.47 Å². The van der Waals surface area contributed by atoms with E-state index in [-0.39, 0.29) is 0 Å². The lowest BCUT2D eigenvalue weighted by atomic mass is 10.1. The summed E-state index contributed by atoms with van der Waals surface area (Å²) in [5, 5.41) is 3.39. The molecule has 0 unspecified atom stereocenters. The molecule has 0 aromatic heterocycles. The minimum atomic E-state index is 0.308. The predicted octanol–water partition coefficient (Wildman–Crippen LogP) is 4.10. The smallest absolute Gasteiger partial charge is 0.231 e. The number of benzene rings is 2. The van der Waals surface area contributed by atoms with E-state index in [0.717, 1.165) is 27.2 Å². The van der Waals surface area contributed by atoms with Crippen molar-refractivity contribution in [2.45, 2.75) is 13.5 Å². The number of para-hydroxylation sites is 1. The van der Waals surface area contributed by atoms with Gasteiger partial charge in [0.15, 0.2) is 11.5 Å². The van der Waals surface area contributed by atoms with Gasteiger partial charge in [-0.25, -0.2) is 0 Å². The zero-order valence-corrected chi connectivity index (χ0v) is 12.2. The molecule has 2 aromatic rings. The molecule has 98 valence electrons. The number of nitrogens with one attached hydrogen (secondary N) is 1. The third-order valence-corrected chi connectivity index (χ3v) is 3.99. The Morgan fingerprint density at radius 2 is 2.11 bits per heavy atom. The van der Waals surface area contributed by atoms with Crippen LogP contribution in [0.4, 0.5) is 5.69 Å². The van der Waals surface area contributed by atoms with E-state index < -0.39 is 0 Å². The standard InChI is InChI=1S/C15H14BrNO2/c1-10-5-6-12(7-13(10)16)17-8-11-3-2-4-14-15(11)19-9-18-14/h2-7,17H,8-9H2,1H3. The Bertz CT molecular complexity index is 613. The van der Waals surface area contributed by atoms with E-state index in [1.165, 1.54) is 5.56 Å². The van der Waals surface area contributed by atoms with Crippen LogP contribution in [0.25, 0.3) is 0 Å². The molecular formula is C15H14BrNO2. The lowest BCUT2D eigenvalue weighted by Crippen LogP contribution is -2.01. The molecular weight excluding hydrogens is 306 g/mol. The van der Waals surface area contributed by atoms with E-state index in [0.29, 0.717) is 13.3 Å². The highest BCUT2D eigenvalue weighted by Crippen LogP contribution is 2.35. The molecule has 2 aromatic carbocycles. The number of rotatable bonds is 3. The van der Waals surface area contributed by atoms with Crippen molar-refractivity contribution in [3.05, 3.63) is 52.0 Å². The van der Waals surface area contributed by atoms with Crippen molar-refractivity contribution in [1.29, 1.82) is 0 Å². The fourth-order valence-electron chi connectivity index (χ4n) is 2.03. The highest BCUT2D eigenvalue weighted by molar-refractivity contribution is 9.10. The SMILES string of the molecule is Cc1ccc(NCc2cccc3c2OCO3)cc1Br. The fraction of sp³-hybridized carbons (Fsp3) is 0.200. The first-order valence-corrected chi connectivity index (χ1v) is 6.91. The summed E-state index contributed by atoms with van der Waals surface area (Å²) in [5.41, 5.74) is 3.41. The summed E-state index contributed by atoms with van der Waals surface area (Å²) in [6, 6.07) is 12.2. The Labute approximate surface area is 120 Å². The maximum absolute atomic E-state index is 5.49. The lowest BCUT2D eigenvalue weighted by molar-refractivity contribution is 0.173. The van der Waals surface area contributed by atoms with Crippen LogP contribution >= 0.6 is 15.9 Å². The molecule has 1 aliphatic heterocycles. The number of hydrogen-bond acceptors (Lipinski definition) is 3. The first-order chi connectivity index (χ1) is 9.24. The Kier molecular flexibility index (Phi) is 3.34. The zero-order chi connectivity index (χ0) is 13.2. The number of fused-ring (bicyclic) bond motifs is 1. The van der Waals surface area contributed by atoms with Gasteiger partial charge < -0.3 is 14.8 Å². The van der Waals surface area contributed by atoms with Gasteiger partial charge in [-0.1, -0.05) is 34.1 Å². The van der Waals surface area contributed by atoms with Crippen molar-refractivity contribution in [2.75, 3.05) is 12.1 Å². The number of anilines is 1. The molecule has 0 saturated heterocycles. The summed E-state index contributed by atoms with van der Waals surface area (Å²) in [7, 11) is 0. The zero-order valence-electron chi connectivity index (χ0n) is 10.6. The van der Waals surface area contributed by atoms with Crippen LogP contribution in [0.3, 0.4) is 0 Å². The van der Waals surface area contributed by atoms with Crippen LogP contribution < -0.4 is 14.8 Å². The quantitative estimate of drug-likeness (QED) is 0.924. The molecule has 1 aliphatic rings. The molecule has 3 rings (SSSR count). The highest BCUT2D eigenvalue weighted by Gasteiger charge is 2.16. The van der Waals surface area contributed by atoms with Gasteiger partial charge in [0.1, 0.15) is 0 Å². The number of aryl methyl sites for hydroxylation is 1. The monoisotopic (exact) mass is 319 g/mol. The summed E-state index contributed by atoms with van der Waals surface area (Å²) in [6.07, 6.45) is 0. The third-order valence-electron chi connectivity index (χ3n) is 3.13. The van der Waals surface area contributed by atoms with Gasteiger partial charge >= 0.3 is 0 Å². The Morgan fingerprint density at radius 3 is 2.95 bits per heavy atom. The number of halogens is 1. The minimum absolute atomic E-state index is 0.308. The summed E-state index contributed by atoms with van der Waals surface area (Å²) >= 11 is 3.54. The van der Waals surface area contributed by atoms with Crippen LogP contribution in [-0.2, 0) is 6.54 Å². The van der Waals surface area contributed by atoms with Crippen LogP contribution in [0.2, 0.25) is 0 Å². The Hall–Kier alpha value is -1.68. The average Bonchev–Trinajstić information content (AvgIpc) is 2.89. The molecule has 1 N–H and O–H groups in total. The second-order valence-electron chi connectivity index (χ2n) is 4.47. The second-order valence-corrected chi connectivity index (χ2v) is 5.32. The van der Waals surface area contributed by atoms with Crippen molar-refractivity contribution in [2.24, 2.45) is 0 Å². The van der Waals surface area contributed by atoms with Gasteiger partial charge in [0, 0.05) is 22.3 Å². The first kappa shape index (κ1) is 12.4. The fourth-order valence-corrected chi connectivity index (χ4v) is 2.41. The minimum Gasteiger partial charge on any atom is -0.454 e. The lowest BCUT2D eigenvalue weighted by Gasteiger charge is -2.10. The largest absolute Gasteiger partial charge is 0.454 e. The molecule has 0 radical (unpaired) electrons. The molecule has 1 heterocycles. The molecule has 19 heavy (non-hydrogen) atoms. The summed E-state index contributed by atoms with van der Waals surface area (Å²) in [5.74, 6) is 1.67. The van der Waals surface area contributed by atoms with E-state index in [1.54, 1.807) is 0 Å². The number of hydrogen-bond donors (Lipinski definition) is 1. The normalized spacial score (nSPS) is 12.5. The van der Waals surface area contributed by atoms with Gasteiger partial charge in [-0.05, 0) is 30.7 Å². The number of ether oxygens (including phenoxy) is 2. The van der Waals surface area contributed by atoms with E-state index in [1.807, 2.05) is 18.2 Å². The van der Waals surface area contributed by atoms with Crippen molar-refractivity contribution in [1.82, 2.24) is 0 Å². The topological polar surface area (TPSA) is 30.5 Å². The van der Waals surface area contributed by atoms with E-state index in [2.05, 4.69) is 46.4 Å². The first-order valence-electron chi connectivity index (χ1n) is 6.11. The Balaban J connectivity index is 1.76. The molecule has 0 atom stereocenters. The summed E-state index contributed by atoms with van der Waals surface area (Å²) in [4.78, 5) is 0. The second kappa shape index (κ2) is 5.13. The van der Waals surface area contributed by atoms with Gasteiger partial charge in [-0.3, -0.25) is 0 Å². The van der Waals surface area contributed by atoms with Gasteiger partial charge in [-0.2, -0.15) is 0 Å². The van der Waals surface area contributed by atoms with E-state index in [9.17, 15) is 0 Å². The van der Waals surface area contributed by atoms with Crippen LogP contribution in [-0.4, -0.2) is 6.79 Å². The Morgan fingerprint density at radius 1 is 1.21 bits per heavy atom. The van der Waals surface area contributed by atoms with Crippen LogP contribution in [0.1, 0.15) is 11.1 Å². The summed E-state index contributed by atoms with van der Waals surface area (Å²) in [6.45, 7) is 3.09. The predicted molar refractivity (Wildman–Crippen MR) is 78.8 cm³/mol. The maximum Gasteiger partial charge on any atom is 0.231 e. The molecule has 4 heteroatoms. The maximum atomic E-state index is 5.49. The van der Waals surface area contributed by atoms with Gasteiger partial charge in [0.05, 0.1) is 0 Å². The van der Waals surface area contributed by atoms with Gasteiger partial charge in [0.25, 0.3) is 0 Å². The molecule has 0 bridgehead atoms. The summed E-state index contributed by atoms with van der Waals surface area (Å²) < 4.78 is 12.0. The molecule has 3 nitrogen and oxygen atoms in total. The molecule has 0 saturated carbocycles.